The quantitative estimate of drug-likeness (QED) is 0.322. The van der Waals surface area contributed by atoms with Gasteiger partial charge in [0.05, 0.1) is 11.6 Å². The Balaban J connectivity index is 2.11. The summed E-state index contributed by atoms with van der Waals surface area (Å²) in [5.41, 5.74) is 4.23. The third-order valence-electron chi connectivity index (χ3n) is 4.74. The Labute approximate surface area is 148 Å². The lowest BCUT2D eigenvalue weighted by molar-refractivity contribution is -0.483. The van der Waals surface area contributed by atoms with E-state index in [4.69, 9.17) is 0 Å². The van der Waals surface area contributed by atoms with Crippen molar-refractivity contribution < 1.29 is 4.92 Å². The molecule has 1 unspecified atom stereocenters. The molecule has 1 N–H and O–H groups in total. The third kappa shape index (κ3) is 3.90. The Bertz CT molecular complexity index is 839. The predicted molar refractivity (Wildman–Crippen MR) is 102 cm³/mol. The van der Waals surface area contributed by atoms with Crippen molar-refractivity contribution in [3.63, 3.8) is 0 Å². The van der Waals surface area contributed by atoms with Gasteiger partial charge in [-0.25, -0.2) is 0 Å². The number of nitrogens with one attached hydrogen (secondary N) is 1. The molecule has 4 heteroatoms. The molecule has 1 aromatic heterocycles. The highest BCUT2D eigenvalue weighted by atomic mass is 16.6. The smallest absolute Gasteiger partial charge is 0.210 e. The number of fused-ring (bicyclic) bond motifs is 1. The van der Waals surface area contributed by atoms with Crippen LogP contribution in [0.3, 0.4) is 0 Å². The number of unbranched alkanes of at least 4 members (excludes halogenated alkanes) is 2. The maximum Gasteiger partial charge on any atom is 0.210 e. The second-order valence-corrected chi connectivity index (χ2v) is 6.53. The van der Waals surface area contributed by atoms with Gasteiger partial charge in [0.15, 0.2) is 0 Å². The van der Waals surface area contributed by atoms with Crippen LogP contribution in [0.15, 0.2) is 54.6 Å². The first-order valence-electron chi connectivity index (χ1n) is 8.98. The highest BCUT2D eigenvalue weighted by Crippen LogP contribution is 2.38. The molecule has 2 aromatic carbocycles. The molecule has 1 atom stereocenters. The van der Waals surface area contributed by atoms with E-state index in [1.807, 2.05) is 36.4 Å². The topological polar surface area (TPSA) is 58.9 Å². The number of para-hydroxylation sites is 1. The minimum absolute atomic E-state index is 0.0224. The summed E-state index contributed by atoms with van der Waals surface area (Å²) in [5, 5.41) is 12.4. The van der Waals surface area contributed by atoms with Gasteiger partial charge in [-0.15, -0.1) is 0 Å². The van der Waals surface area contributed by atoms with E-state index in [1.54, 1.807) is 0 Å². The summed E-state index contributed by atoms with van der Waals surface area (Å²) in [6, 6.07) is 18.2. The summed E-state index contributed by atoms with van der Waals surface area (Å²) in [7, 11) is 0. The fraction of sp³-hybridized carbons (Fsp3) is 0.333. The Kier molecular flexibility index (Phi) is 5.49. The molecular weight excluding hydrogens is 312 g/mol. The van der Waals surface area contributed by atoms with E-state index in [0.29, 0.717) is 0 Å². The zero-order valence-electron chi connectivity index (χ0n) is 14.6. The molecule has 0 fully saturated rings. The second-order valence-electron chi connectivity index (χ2n) is 6.53. The van der Waals surface area contributed by atoms with Gasteiger partial charge >= 0.3 is 0 Å². The fourth-order valence-corrected chi connectivity index (χ4v) is 3.57. The molecular formula is C21H24N2O2. The summed E-state index contributed by atoms with van der Waals surface area (Å²) in [5.74, 6) is -0.0760. The van der Waals surface area contributed by atoms with Gasteiger partial charge in [0.25, 0.3) is 0 Å². The normalized spacial score (nSPS) is 12.4. The van der Waals surface area contributed by atoms with Crippen LogP contribution in [-0.4, -0.2) is 16.5 Å². The number of rotatable bonds is 8. The second kappa shape index (κ2) is 7.97. The predicted octanol–water partition coefficient (Wildman–Crippen LogP) is 5.78. The van der Waals surface area contributed by atoms with E-state index in [9.17, 15) is 10.1 Å². The summed E-state index contributed by atoms with van der Waals surface area (Å²) < 4.78 is 0. The summed E-state index contributed by atoms with van der Waals surface area (Å²) in [4.78, 5) is 14.6. The van der Waals surface area contributed by atoms with Gasteiger partial charge in [0.1, 0.15) is 0 Å². The van der Waals surface area contributed by atoms with E-state index in [-0.39, 0.29) is 17.4 Å². The van der Waals surface area contributed by atoms with Crippen molar-refractivity contribution in [2.45, 2.75) is 38.5 Å². The average Bonchev–Trinajstić information content (AvgIpc) is 3.01. The molecule has 0 aliphatic rings. The Hall–Kier alpha value is -2.62. The maximum absolute atomic E-state index is 11.3. The van der Waals surface area contributed by atoms with Crippen LogP contribution >= 0.6 is 0 Å². The third-order valence-corrected chi connectivity index (χ3v) is 4.74. The van der Waals surface area contributed by atoms with Crippen LogP contribution in [0, 0.1) is 10.1 Å². The highest BCUT2D eigenvalue weighted by Gasteiger charge is 2.25. The summed E-state index contributed by atoms with van der Waals surface area (Å²) >= 11 is 0. The molecule has 0 spiro atoms. The van der Waals surface area contributed by atoms with E-state index in [0.717, 1.165) is 53.4 Å². The SMILES string of the molecule is CCCCCC(C[N+](=O)[O-])c1c(-c2ccccc2)[nH]c2ccccc12. The van der Waals surface area contributed by atoms with Crippen LogP contribution in [0.1, 0.15) is 44.1 Å². The number of hydrogen-bond acceptors (Lipinski definition) is 2. The van der Waals surface area contributed by atoms with Crippen LogP contribution in [-0.2, 0) is 0 Å². The van der Waals surface area contributed by atoms with Crippen molar-refractivity contribution in [2.75, 3.05) is 6.54 Å². The molecule has 3 aromatic rings. The molecule has 25 heavy (non-hydrogen) atoms. The van der Waals surface area contributed by atoms with Crippen LogP contribution in [0.4, 0.5) is 0 Å². The first-order chi connectivity index (χ1) is 12.2. The molecule has 0 radical (unpaired) electrons. The lowest BCUT2D eigenvalue weighted by atomic mass is 9.89. The van der Waals surface area contributed by atoms with Crippen LogP contribution in [0.2, 0.25) is 0 Å². The van der Waals surface area contributed by atoms with Gasteiger partial charge in [-0.2, -0.15) is 0 Å². The average molecular weight is 336 g/mol. The molecule has 0 amide bonds. The molecule has 0 saturated heterocycles. The molecule has 0 aliphatic carbocycles. The van der Waals surface area contributed by atoms with E-state index in [2.05, 4.69) is 30.1 Å². The molecule has 130 valence electrons. The summed E-state index contributed by atoms with van der Waals surface area (Å²) in [6.45, 7) is 2.13. The van der Waals surface area contributed by atoms with Crippen LogP contribution < -0.4 is 0 Å². The number of hydrogen-bond donors (Lipinski definition) is 1. The molecule has 1 heterocycles. The van der Waals surface area contributed by atoms with Crippen molar-refractivity contribution in [1.82, 2.24) is 4.98 Å². The molecule has 0 bridgehead atoms. The van der Waals surface area contributed by atoms with Gasteiger partial charge in [0.2, 0.25) is 6.54 Å². The monoisotopic (exact) mass is 336 g/mol. The van der Waals surface area contributed by atoms with E-state index < -0.39 is 0 Å². The van der Waals surface area contributed by atoms with E-state index >= 15 is 0 Å². The van der Waals surface area contributed by atoms with Gasteiger partial charge in [-0.3, -0.25) is 10.1 Å². The number of aromatic amines is 1. The van der Waals surface area contributed by atoms with Crippen molar-refractivity contribution >= 4 is 10.9 Å². The maximum atomic E-state index is 11.3. The van der Waals surface area contributed by atoms with Gasteiger partial charge in [-0.1, -0.05) is 74.7 Å². The zero-order chi connectivity index (χ0) is 17.6. The number of nitrogens with zero attached hydrogens (tertiary/aromatic N) is 1. The first-order valence-corrected chi connectivity index (χ1v) is 8.98. The number of benzene rings is 2. The lowest BCUT2D eigenvalue weighted by Crippen LogP contribution is -2.13. The minimum atomic E-state index is -0.173. The Morgan fingerprint density at radius 3 is 2.48 bits per heavy atom. The van der Waals surface area contributed by atoms with E-state index in [1.165, 1.54) is 0 Å². The molecule has 3 rings (SSSR count). The van der Waals surface area contributed by atoms with Crippen LogP contribution in [0.25, 0.3) is 22.2 Å². The van der Waals surface area contributed by atoms with Crippen molar-refractivity contribution in [3.8, 4) is 11.3 Å². The van der Waals surface area contributed by atoms with Gasteiger partial charge in [0, 0.05) is 15.8 Å². The highest BCUT2D eigenvalue weighted by molar-refractivity contribution is 5.91. The standard InChI is InChI=1S/C21H24N2O2/c1-2-3-5-12-17(15-23(24)25)20-18-13-8-9-14-19(18)22-21(20)16-10-6-4-7-11-16/h4,6-11,13-14,17,22H,2-3,5,12,15H2,1H3. The van der Waals surface area contributed by atoms with Crippen LogP contribution in [0.5, 0.6) is 0 Å². The van der Waals surface area contributed by atoms with Crippen molar-refractivity contribution in [2.24, 2.45) is 0 Å². The van der Waals surface area contributed by atoms with Gasteiger partial charge < -0.3 is 4.98 Å². The molecule has 0 saturated carbocycles. The Morgan fingerprint density at radius 2 is 1.76 bits per heavy atom. The van der Waals surface area contributed by atoms with Crippen molar-refractivity contribution in [3.05, 3.63) is 70.3 Å². The molecule has 4 nitrogen and oxygen atoms in total. The number of H-pyrrole nitrogens is 1. The van der Waals surface area contributed by atoms with Crippen molar-refractivity contribution in [1.29, 1.82) is 0 Å². The fourth-order valence-electron chi connectivity index (χ4n) is 3.57. The van der Waals surface area contributed by atoms with Gasteiger partial charge in [-0.05, 0) is 23.6 Å². The minimum Gasteiger partial charge on any atom is -0.354 e. The Morgan fingerprint density at radius 1 is 1.04 bits per heavy atom. The number of nitro groups is 1. The number of aromatic nitrogens is 1. The largest absolute Gasteiger partial charge is 0.354 e. The lowest BCUT2D eigenvalue weighted by Gasteiger charge is -2.15. The molecule has 0 aliphatic heterocycles. The zero-order valence-corrected chi connectivity index (χ0v) is 14.6. The summed E-state index contributed by atoms with van der Waals surface area (Å²) in [6.07, 6.45) is 4.08. The first kappa shape index (κ1) is 17.2.